The average Bonchev–Trinajstić information content (AvgIpc) is 2.77. The van der Waals surface area contributed by atoms with Gasteiger partial charge in [-0.1, -0.05) is 18.6 Å². The quantitative estimate of drug-likeness (QED) is 0.937. The fourth-order valence-corrected chi connectivity index (χ4v) is 2.00. The van der Waals surface area contributed by atoms with Gasteiger partial charge in [-0.05, 0) is 34.5 Å². The first-order valence-electron chi connectivity index (χ1n) is 5.68. The van der Waals surface area contributed by atoms with E-state index in [-0.39, 0.29) is 5.69 Å². The molecule has 0 aliphatic rings. The summed E-state index contributed by atoms with van der Waals surface area (Å²) < 4.78 is 15.2. The molecule has 1 aromatic heterocycles. The van der Waals surface area contributed by atoms with Gasteiger partial charge < -0.3 is 5.11 Å². The molecule has 0 unspecified atom stereocenters. The van der Waals surface area contributed by atoms with Gasteiger partial charge in [0.2, 0.25) is 0 Å². The fourth-order valence-electron chi connectivity index (χ4n) is 1.75. The summed E-state index contributed by atoms with van der Waals surface area (Å²) in [5.74, 6) is -1.57. The number of halogens is 2. The van der Waals surface area contributed by atoms with Crippen LogP contribution in [0.15, 0.2) is 22.7 Å². The highest BCUT2D eigenvalue weighted by Crippen LogP contribution is 2.21. The molecule has 0 aliphatic carbocycles. The van der Waals surface area contributed by atoms with Crippen LogP contribution in [-0.4, -0.2) is 26.1 Å². The maximum absolute atomic E-state index is 13.5. The van der Waals surface area contributed by atoms with Gasteiger partial charge in [0.25, 0.3) is 0 Å². The third-order valence-electron chi connectivity index (χ3n) is 2.60. The van der Waals surface area contributed by atoms with Gasteiger partial charge in [0.05, 0.1) is 15.9 Å². The van der Waals surface area contributed by atoms with Crippen LogP contribution < -0.4 is 0 Å². The fraction of sp³-hybridized carbons (Fsp3) is 0.250. The molecule has 100 valence electrons. The molecule has 1 aromatic carbocycles. The molecule has 1 N–H and O–H groups in total. The number of nitrogens with zero attached hydrogens (tertiary/aromatic N) is 3. The number of hydrogen-bond donors (Lipinski definition) is 1. The van der Waals surface area contributed by atoms with Crippen LogP contribution in [0, 0.1) is 5.82 Å². The largest absolute Gasteiger partial charge is 0.476 e. The van der Waals surface area contributed by atoms with Crippen LogP contribution in [0.5, 0.6) is 0 Å². The Hall–Kier alpha value is -1.76. The number of aromatic carboxylic acids is 1. The van der Waals surface area contributed by atoms with Crippen LogP contribution in [0.25, 0.3) is 5.69 Å². The van der Waals surface area contributed by atoms with Crippen LogP contribution in [-0.2, 0) is 6.42 Å². The number of carbonyl (C=O) groups is 1. The van der Waals surface area contributed by atoms with Gasteiger partial charge in [-0.15, -0.1) is 5.10 Å². The van der Waals surface area contributed by atoms with Crippen LogP contribution in [0.2, 0.25) is 0 Å². The molecule has 2 rings (SSSR count). The van der Waals surface area contributed by atoms with Gasteiger partial charge in [0.15, 0.2) is 5.69 Å². The molecule has 0 amide bonds. The first-order valence-corrected chi connectivity index (χ1v) is 6.47. The Morgan fingerprint density at radius 1 is 1.53 bits per heavy atom. The maximum atomic E-state index is 13.5. The standard InChI is InChI=1S/C12H11BrFN3O2/c1-2-3-10-11(12(18)19)15-16-17(10)7-4-5-8(13)9(14)6-7/h4-6H,2-3H2,1H3,(H,18,19). The SMILES string of the molecule is CCCc1c(C(=O)O)nnn1-c1ccc(Br)c(F)c1. The summed E-state index contributed by atoms with van der Waals surface area (Å²) in [5, 5.41) is 16.5. The number of benzene rings is 1. The summed E-state index contributed by atoms with van der Waals surface area (Å²) in [5.41, 5.74) is 0.825. The van der Waals surface area contributed by atoms with Crippen molar-refractivity contribution in [3.05, 3.63) is 39.9 Å². The predicted octanol–water partition coefficient (Wildman–Crippen LogP) is 2.82. The summed E-state index contributed by atoms with van der Waals surface area (Å²) in [7, 11) is 0. The zero-order chi connectivity index (χ0) is 14.0. The van der Waals surface area contributed by atoms with Crippen LogP contribution in [0.3, 0.4) is 0 Å². The van der Waals surface area contributed by atoms with Gasteiger partial charge in [-0.3, -0.25) is 0 Å². The molecule has 19 heavy (non-hydrogen) atoms. The van der Waals surface area contributed by atoms with Crippen LogP contribution >= 0.6 is 15.9 Å². The predicted molar refractivity (Wildman–Crippen MR) is 70.0 cm³/mol. The van der Waals surface area contributed by atoms with E-state index in [1.165, 1.54) is 10.7 Å². The van der Waals surface area contributed by atoms with E-state index in [1.54, 1.807) is 12.1 Å². The summed E-state index contributed by atoms with van der Waals surface area (Å²) in [6.45, 7) is 1.92. The van der Waals surface area contributed by atoms with E-state index in [0.717, 1.165) is 6.42 Å². The lowest BCUT2D eigenvalue weighted by atomic mass is 10.2. The number of carboxylic acid groups (broad SMARTS) is 1. The van der Waals surface area contributed by atoms with E-state index in [9.17, 15) is 9.18 Å². The first kappa shape index (κ1) is 13.7. The molecule has 0 radical (unpaired) electrons. The van der Waals surface area contributed by atoms with Gasteiger partial charge >= 0.3 is 5.97 Å². The number of rotatable bonds is 4. The molecule has 2 aromatic rings. The van der Waals surface area contributed by atoms with Crippen molar-refractivity contribution in [1.29, 1.82) is 0 Å². The van der Waals surface area contributed by atoms with E-state index in [1.807, 2.05) is 6.92 Å². The van der Waals surface area contributed by atoms with E-state index in [0.29, 0.717) is 22.3 Å². The topological polar surface area (TPSA) is 68.0 Å². The third kappa shape index (κ3) is 2.65. The minimum Gasteiger partial charge on any atom is -0.476 e. The molecule has 0 saturated heterocycles. The highest BCUT2D eigenvalue weighted by atomic mass is 79.9. The first-order chi connectivity index (χ1) is 9.04. The summed E-state index contributed by atoms with van der Waals surface area (Å²) in [6.07, 6.45) is 1.25. The molecule has 1 heterocycles. The number of hydrogen-bond acceptors (Lipinski definition) is 3. The van der Waals surface area contributed by atoms with E-state index < -0.39 is 11.8 Å². The molecule has 0 atom stereocenters. The normalized spacial score (nSPS) is 10.7. The maximum Gasteiger partial charge on any atom is 0.358 e. The Morgan fingerprint density at radius 3 is 2.84 bits per heavy atom. The smallest absolute Gasteiger partial charge is 0.358 e. The highest BCUT2D eigenvalue weighted by Gasteiger charge is 2.19. The number of carboxylic acids is 1. The van der Waals surface area contributed by atoms with Crippen molar-refractivity contribution in [1.82, 2.24) is 15.0 Å². The van der Waals surface area contributed by atoms with Crippen molar-refractivity contribution in [3.63, 3.8) is 0 Å². The average molecular weight is 328 g/mol. The molecule has 5 nitrogen and oxygen atoms in total. The van der Waals surface area contributed by atoms with Crippen LogP contribution in [0.1, 0.15) is 29.5 Å². The van der Waals surface area contributed by atoms with Gasteiger partial charge in [-0.2, -0.15) is 0 Å². The molecule has 0 fully saturated rings. The Morgan fingerprint density at radius 2 is 2.26 bits per heavy atom. The lowest BCUT2D eigenvalue weighted by molar-refractivity contribution is 0.0689. The van der Waals surface area contributed by atoms with Crippen molar-refractivity contribution in [2.45, 2.75) is 19.8 Å². The van der Waals surface area contributed by atoms with Crippen molar-refractivity contribution in [2.75, 3.05) is 0 Å². The highest BCUT2D eigenvalue weighted by molar-refractivity contribution is 9.10. The summed E-state index contributed by atoms with van der Waals surface area (Å²) in [6, 6.07) is 4.47. The number of aromatic nitrogens is 3. The lowest BCUT2D eigenvalue weighted by Gasteiger charge is -2.06. The van der Waals surface area contributed by atoms with Crippen LogP contribution in [0.4, 0.5) is 4.39 Å². The third-order valence-corrected chi connectivity index (χ3v) is 3.24. The van der Waals surface area contributed by atoms with Gasteiger partial charge in [0, 0.05) is 6.07 Å². The van der Waals surface area contributed by atoms with E-state index >= 15 is 0 Å². The molecule has 7 heteroatoms. The lowest BCUT2D eigenvalue weighted by Crippen LogP contribution is -2.07. The molecule has 0 aliphatic heterocycles. The monoisotopic (exact) mass is 327 g/mol. The molecular formula is C12H11BrFN3O2. The zero-order valence-corrected chi connectivity index (χ0v) is 11.7. The molecule has 0 spiro atoms. The zero-order valence-electron chi connectivity index (χ0n) is 10.1. The Labute approximate surface area is 117 Å². The molecule has 0 bridgehead atoms. The van der Waals surface area contributed by atoms with E-state index in [4.69, 9.17) is 5.11 Å². The second-order valence-corrected chi connectivity index (χ2v) is 4.80. The Bertz CT molecular complexity index is 627. The van der Waals surface area contributed by atoms with Gasteiger partial charge in [0.1, 0.15) is 5.82 Å². The van der Waals surface area contributed by atoms with Crippen molar-refractivity contribution in [3.8, 4) is 5.69 Å². The minimum absolute atomic E-state index is 0.0924. The molecule has 0 saturated carbocycles. The minimum atomic E-state index is -1.13. The van der Waals surface area contributed by atoms with Gasteiger partial charge in [-0.25, -0.2) is 13.9 Å². The summed E-state index contributed by atoms with van der Waals surface area (Å²) >= 11 is 3.07. The van der Waals surface area contributed by atoms with Crippen molar-refractivity contribution < 1.29 is 14.3 Å². The van der Waals surface area contributed by atoms with E-state index in [2.05, 4.69) is 26.2 Å². The molecular weight excluding hydrogens is 317 g/mol. The Kier molecular flexibility index (Phi) is 3.94. The van der Waals surface area contributed by atoms with Crippen molar-refractivity contribution in [2.24, 2.45) is 0 Å². The van der Waals surface area contributed by atoms with Crippen molar-refractivity contribution >= 4 is 21.9 Å². The second kappa shape index (κ2) is 5.48. The Balaban J connectivity index is 2.55. The second-order valence-electron chi connectivity index (χ2n) is 3.95. The summed E-state index contributed by atoms with van der Waals surface area (Å²) in [4.78, 5) is 11.1.